The molecule has 1 heteroatoms. The van der Waals surface area contributed by atoms with Gasteiger partial charge in [-0.2, -0.15) is 0 Å². The van der Waals surface area contributed by atoms with E-state index in [1.807, 2.05) is 0 Å². The van der Waals surface area contributed by atoms with E-state index in [0.29, 0.717) is 12.3 Å². The van der Waals surface area contributed by atoms with Gasteiger partial charge in [0.15, 0.2) is 0 Å². The van der Waals surface area contributed by atoms with Gasteiger partial charge in [-0.1, -0.05) is 18.6 Å². The summed E-state index contributed by atoms with van der Waals surface area (Å²) < 4.78 is 0. The van der Waals surface area contributed by atoms with Crippen molar-refractivity contribution in [2.75, 3.05) is 0 Å². The molecule has 0 fully saturated rings. The van der Waals surface area contributed by atoms with Crippen LogP contribution in [0.25, 0.3) is 0 Å². The molecule has 0 saturated carbocycles. The van der Waals surface area contributed by atoms with E-state index in [9.17, 15) is 5.11 Å². The molecular weight excluding hydrogens is 172 g/mol. The van der Waals surface area contributed by atoms with Gasteiger partial charge < -0.3 is 5.11 Å². The third-order valence-electron chi connectivity index (χ3n) is 2.24. The number of rotatable bonds is 6. The molecule has 0 aliphatic heterocycles. The van der Waals surface area contributed by atoms with Gasteiger partial charge >= 0.3 is 0 Å². The van der Waals surface area contributed by atoms with Crippen molar-refractivity contribution in [3.05, 3.63) is 11.6 Å². The summed E-state index contributed by atoms with van der Waals surface area (Å²) in [5.41, 5.74) is 1.36. The highest BCUT2D eigenvalue weighted by molar-refractivity contribution is 4.93. The Hall–Kier alpha value is -0.740. The molecule has 80 valence electrons. The summed E-state index contributed by atoms with van der Waals surface area (Å²) >= 11 is 0. The first kappa shape index (κ1) is 13.3. The van der Waals surface area contributed by atoms with E-state index in [4.69, 9.17) is 6.42 Å². The van der Waals surface area contributed by atoms with E-state index < -0.39 is 0 Å². The molecular formula is C13H22O. The predicted octanol–water partition coefficient (Wildman–Crippen LogP) is 3.14. The Morgan fingerprint density at radius 2 is 2.14 bits per heavy atom. The lowest BCUT2D eigenvalue weighted by Gasteiger charge is -2.13. The molecule has 0 aliphatic carbocycles. The maximum Gasteiger partial charge on any atom is 0.0651 e. The first-order chi connectivity index (χ1) is 6.56. The van der Waals surface area contributed by atoms with Gasteiger partial charge in [0.1, 0.15) is 0 Å². The van der Waals surface area contributed by atoms with Crippen molar-refractivity contribution in [3.8, 4) is 12.3 Å². The van der Waals surface area contributed by atoms with Crippen LogP contribution < -0.4 is 0 Å². The van der Waals surface area contributed by atoms with Crippen molar-refractivity contribution >= 4 is 0 Å². The SMILES string of the molecule is C#CC[C@@H](O)C[C@H](C)CCC=C(C)C. The Balaban J connectivity index is 3.60. The Kier molecular flexibility index (Phi) is 7.24. The van der Waals surface area contributed by atoms with E-state index in [1.165, 1.54) is 5.57 Å². The molecule has 2 atom stereocenters. The lowest BCUT2D eigenvalue weighted by Crippen LogP contribution is -2.10. The minimum absolute atomic E-state index is 0.318. The summed E-state index contributed by atoms with van der Waals surface area (Å²) in [7, 11) is 0. The van der Waals surface area contributed by atoms with E-state index in [0.717, 1.165) is 19.3 Å². The van der Waals surface area contributed by atoms with Crippen LogP contribution in [0.5, 0.6) is 0 Å². The average Bonchev–Trinajstić information content (AvgIpc) is 2.03. The summed E-state index contributed by atoms with van der Waals surface area (Å²) in [5.74, 6) is 3.04. The van der Waals surface area contributed by atoms with Crippen LogP contribution in [0.2, 0.25) is 0 Å². The molecule has 0 rings (SSSR count). The summed E-state index contributed by atoms with van der Waals surface area (Å²) in [4.78, 5) is 0. The first-order valence-electron chi connectivity index (χ1n) is 5.31. The van der Waals surface area contributed by atoms with Gasteiger partial charge in [-0.3, -0.25) is 0 Å². The van der Waals surface area contributed by atoms with Crippen LogP contribution in [0.15, 0.2) is 11.6 Å². The molecule has 1 nitrogen and oxygen atoms in total. The van der Waals surface area contributed by atoms with Crippen LogP contribution in [0, 0.1) is 18.3 Å². The fourth-order valence-corrected chi connectivity index (χ4v) is 1.46. The maximum absolute atomic E-state index is 9.47. The van der Waals surface area contributed by atoms with Gasteiger partial charge in [-0.15, -0.1) is 12.3 Å². The third kappa shape index (κ3) is 7.89. The molecule has 0 amide bonds. The lowest BCUT2D eigenvalue weighted by molar-refractivity contribution is 0.148. The van der Waals surface area contributed by atoms with Gasteiger partial charge in [0.05, 0.1) is 6.10 Å². The molecule has 0 radical (unpaired) electrons. The highest BCUT2D eigenvalue weighted by Gasteiger charge is 2.08. The number of hydrogen-bond acceptors (Lipinski definition) is 1. The first-order valence-corrected chi connectivity index (χ1v) is 5.31. The number of aliphatic hydroxyl groups excluding tert-OH is 1. The van der Waals surface area contributed by atoms with Crippen LogP contribution in [-0.2, 0) is 0 Å². The summed E-state index contributed by atoms with van der Waals surface area (Å²) in [6.07, 6.45) is 10.6. The molecule has 0 bridgehead atoms. The Morgan fingerprint density at radius 1 is 1.50 bits per heavy atom. The van der Waals surface area contributed by atoms with E-state index >= 15 is 0 Å². The largest absolute Gasteiger partial charge is 0.392 e. The fourth-order valence-electron chi connectivity index (χ4n) is 1.46. The van der Waals surface area contributed by atoms with Crippen molar-refractivity contribution in [3.63, 3.8) is 0 Å². The van der Waals surface area contributed by atoms with Crippen molar-refractivity contribution in [1.82, 2.24) is 0 Å². The monoisotopic (exact) mass is 194 g/mol. The van der Waals surface area contributed by atoms with Crippen LogP contribution in [0.4, 0.5) is 0 Å². The van der Waals surface area contributed by atoms with E-state index in [1.54, 1.807) is 0 Å². The van der Waals surface area contributed by atoms with Crippen LogP contribution in [-0.4, -0.2) is 11.2 Å². The van der Waals surface area contributed by atoms with E-state index in [2.05, 4.69) is 32.8 Å². The molecule has 0 saturated heterocycles. The zero-order valence-electron chi connectivity index (χ0n) is 9.59. The van der Waals surface area contributed by atoms with Crippen LogP contribution >= 0.6 is 0 Å². The number of allylic oxidation sites excluding steroid dienone is 2. The molecule has 0 unspecified atom stereocenters. The van der Waals surface area contributed by atoms with Crippen molar-refractivity contribution in [2.45, 2.75) is 52.6 Å². The third-order valence-corrected chi connectivity index (χ3v) is 2.24. The second-order valence-electron chi connectivity index (χ2n) is 4.26. The molecule has 14 heavy (non-hydrogen) atoms. The lowest BCUT2D eigenvalue weighted by atomic mass is 9.96. The molecule has 0 aromatic carbocycles. The number of terminal acetylenes is 1. The number of hydrogen-bond donors (Lipinski definition) is 1. The van der Waals surface area contributed by atoms with Crippen molar-refractivity contribution < 1.29 is 5.11 Å². The molecule has 0 aliphatic rings. The average molecular weight is 194 g/mol. The zero-order valence-corrected chi connectivity index (χ0v) is 9.59. The van der Waals surface area contributed by atoms with Gasteiger partial charge in [0, 0.05) is 6.42 Å². The van der Waals surface area contributed by atoms with Crippen LogP contribution in [0.1, 0.15) is 46.5 Å². The van der Waals surface area contributed by atoms with E-state index in [-0.39, 0.29) is 6.10 Å². The van der Waals surface area contributed by atoms with Gasteiger partial charge in [0.25, 0.3) is 0 Å². The molecule has 0 aromatic rings. The summed E-state index contributed by atoms with van der Waals surface area (Å²) in [6.45, 7) is 6.38. The highest BCUT2D eigenvalue weighted by atomic mass is 16.3. The molecule has 0 heterocycles. The normalized spacial score (nSPS) is 14.2. The quantitative estimate of drug-likeness (QED) is 0.509. The number of aliphatic hydroxyl groups is 1. The molecule has 0 spiro atoms. The zero-order chi connectivity index (χ0) is 11.0. The second kappa shape index (κ2) is 7.64. The Morgan fingerprint density at radius 3 is 2.64 bits per heavy atom. The van der Waals surface area contributed by atoms with Gasteiger partial charge in [-0.05, 0) is 39.0 Å². The summed E-state index contributed by atoms with van der Waals surface area (Å²) in [5, 5.41) is 9.47. The minimum atomic E-state index is -0.318. The fraction of sp³-hybridized carbons (Fsp3) is 0.692. The Labute approximate surface area is 88.2 Å². The van der Waals surface area contributed by atoms with Crippen molar-refractivity contribution in [2.24, 2.45) is 5.92 Å². The topological polar surface area (TPSA) is 20.2 Å². The minimum Gasteiger partial charge on any atom is -0.392 e. The standard InChI is InChI=1S/C13H22O/c1-5-7-13(14)10-12(4)9-6-8-11(2)3/h1,8,12-14H,6-7,9-10H2,2-4H3/t12-,13-/m1/s1. The smallest absolute Gasteiger partial charge is 0.0651 e. The predicted molar refractivity (Wildman–Crippen MR) is 61.9 cm³/mol. The highest BCUT2D eigenvalue weighted by Crippen LogP contribution is 2.15. The van der Waals surface area contributed by atoms with Crippen LogP contribution in [0.3, 0.4) is 0 Å². The summed E-state index contributed by atoms with van der Waals surface area (Å²) in [6, 6.07) is 0. The van der Waals surface area contributed by atoms with Crippen molar-refractivity contribution in [1.29, 1.82) is 0 Å². The van der Waals surface area contributed by atoms with Gasteiger partial charge in [0.2, 0.25) is 0 Å². The second-order valence-corrected chi connectivity index (χ2v) is 4.26. The molecule has 0 aromatic heterocycles. The Bertz CT molecular complexity index is 206. The molecule has 1 N–H and O–H groups in total. The maximum atomic E-state index is 9.47. The van der Waals surface area contributed by atoms with Gasteiger partial charge in [-0.25, -0.2) is 0 Å².